The van der Waals surface area contributed by atoms with E-state index in [1.165, 1.54) is 17.3 Å². The highest BCUT2D eigenvalue weighted by Crippen LogP contribution is 2.35. The molecule has 1 aliphatic heterocycles. The Morgan fingerprint density at radius 1 is 1.14 bits per heavy atom. The number of aryl methyl sites for hydroxylation is 1. The first-order valence-corrected chi connectivity index (χ1v) is 10.8. The molecule has 5 nitrogen and oxygen atoms in total. The molecule has 0 saturated heterocycles. The number of aromatic amines is 1. The molecule has 1 atom stereocenters. The van der Waals surface area contributed by atoms with Gasteiger partial charge in [-0.3, -0.25) is 9.59 Å². The second-order valence-electron chi connectivity index (χ2n) is 6.91. The fourth-order valence-corrected chi connectivity index (χ4v) is 4.60. The number of anilines is 1. The summed E-state index contributed by atoms with van der Waals surface area (Å²) in [4.78, 5) is 32.6. The number of nitrogens with one attached hydrogen (secondary N) is 2. The van der Waals surface area contributed by atoms with Crippen LogP contribution in [0.2, 0.25) is 5.02 Å². The van der Waals surface area contributed by atoms with E-state index in [1.54, 1.807) is 0 Å². The first-order valence-electron chi connectivity index (χ1n) is 9.44. The van der Waals surface area contributed by atoms with Gasteiger partial charge in [0.2, 0.25) is 5.91 Å². The van der Waals surface area contributed by atoms with Gasteiger partial charge in [0, 0.05) is 23.1 Å². The van der Waals surface area contributed by atoms with E-state index in [0.29, 0.717) is 27.3 Å². The van der Waals surface area contributed by atoms with Gasteiger partial charge in [0.25, 0.3) is 5.56 Å². The molecule has 0 fully saturated rings. The minimum absolute atomic E-state index is 0.137. The SMILES string of the molecule is CCc1ccc(C2CC(=O)Nc3nc(SCc4ccccc4Cl)[nH]c(=O)c32)cc1. The first-order chi connectivity index (χ1) is 14.0. The van der Waals surface area contributed by atoms with Crippen molar-refractivity contribution in [3.63, 3.8) is 0 Å². The lowest BCUT2D eigenvalue weighted by molar-refractivity contribution is -0.116. The van der Waals surface area contributed by atoms with Gasteiger partial charge in [0.1, 0.15) is 5.82 Å². The van der Waals surface area contributed by atoms with Crippen LogP contribution >= 0.6 is 23.4 Å². The number of thioether (sulfide) groups is 1. The van der Waals surface area contributed by atoms with E-state index in [0.717, 1.165) is 17.5 Å². The third-order valence-corrected chi connectivity index (χ3v) is 6.33. The Morgan fingerprint density at radius 3 is 2.62 bits per heavy atom. The summed E-state index contributed by atoms with van der Waals surface area (Å²) in [6.45, 7) is 2.09. The summed E-state index contributed by atoms with van der Waals surface area (Å²) in [6, 6.07) is 15.6. The summed E-state index contributed by atoms with van der Waals surface area (Å²) in [5.74, 6) is 0.471. The molecule has 1 amide bonds. The number of nitrogens with zero attached hydrogens (tertiary/aromatic N) is 1. The molecule has 1 aromatic heterocycles. The van der Waals surface area contributed by atoms with Gasteiger partial charge in [-0.15, -0.1) is 0 Å². The number of rotatable bonds is 5. The normalized spacial score (nSPS) is 15.7. The molecule has 2 aromatic carbocycles. The number of carbonyl (C=O) groups excluding carboxylic acids is 1. The van der Waals surface area contributed by atoms with E-state index in [-0.39, 0.29) is 23.8 Å². The van der Waals surface area contributed by atoms with Crippen LogP contribution in [0.3, 0.4) is 0 Å². The van der Waals surface area contributed by atoms with Crippen molar-refractivity contribution in [3.8, 4) is 0 Å². The molecule has 0 bridgehead atoms. The zero-order valence-electron chi connectivity index (χ0n) is 15.9. The van der Waals surface area contributed by atoms with Crippen LogP contribution in [0, 0.1) is 0 Å². The van der Waals surface area contributed by atoms with Crippen molar-refractivity contribution < 1.29 is 4.79 Å². The van der Waals surface area contributed by atoms with Crippen LogP contribution in [-0.2, 0) is 17.0 Å². The van der Waals surface area contributed by atoms with E-state index in [9.17, 15) is 9.59 Å². The van der Waals surface area contributed by atoms with Crippen LogP contribution in [0.15, 0.2) is 58.5 Å². The zero-order valence-corrected chi connectivity index (χ0v) is 17.4. The topological polar surface area (TPSA) is 74.8 Å². The molecule has 1 unspecified atom stereocenters. The largest absolute Gasteiger partial charge is 0.310 e. The van der Waals surface area contributed by atoms with Crippen molar-refractivity contribution in [2.45, 2.75) is 36.6 Å². The number of aromatic nitrogens is 2. The predicted octanol–water partition coefficient (Wildman–Crippen LogP) is 4.75. The maximum Gasteiger partial charge on any atom is 0.257 e. The first kappa shape index (κ1) is 19.7. The van der Waals surface area contributed by atoms with E-state index in [1.807, 2.05) is 48.5 Å². The van der Waals surface area contributed by atoms with Gasteiger partial charge >= 0.3 is 0 Å². The van der Waals surface area contributed by atoms with Crippen LogP contribution in [0.4, 0.5) is 5.82 Å². The number of amides is 1. The van der Waals surface area contributed by atoms with E-state index < -0.39 is 0 Å². The lowest BCUT2D eigenvalue weighted by Gasteiger charge is -2.24. The number of hydrogen-bond donors (Lipinski definition) is 2. The minimum Gasteiger partial charge on any atom is -0.310 e. The maximum atomic E-state index is 12.9. The van der Waals surface area contributed by atoms with E-state index in [4.69, 9.17) is 11.6 Å². The lowest BCUT2D eigenvalue weighted by Crippen LogP contribution is -2.31. The number of carbonyl (C=O) groups is 1. The zero-order chi connectivity index (χ0) is 20.4. The summed E-state index contributed by atoms with van der Waals surface area (Å²) in [5, 5.41) is 3.89. The molecular formula is C22H20ClN3O2S. The third kappa shape index (κ3) is 4.23. The molecule has 0 radical (unpaired) electrons. The van der Waals surface area contributed by atoms with Crippen molar-refractivity contribution in [1.82, 2.24) is 9.97 Å². The average molecular weight is 426 g/mol. The molecule has 148 valence electrons. The van der Waals surface area contributed by atoms with Gasteiger partial charge < -0.3 is 10.3 Å². The molecule has 0 spiro atoms. The van der Waals surface area contributed by atoms with Crippen molar-refractivity contribution >= 4 is 35.1 Å². The fourth-order valence-electron chi connectivity index (χ4n) is 3.45. The Morgan fingerprint density at radius 2 is 1.90 bits per heavy atom. The Bertz CT molecular complexity index is 1110. The lowest BCUT2D eigenvalue weighted by atomic mass is 9.86. The smallest absolute Gasteiger partial charge is 0.257 e. The van der Waals surface area contributed by atoms with Crippen molar-refractivity contribution in [2.75, 3.05) is 5.32 Å². The summed E-state index contributed by atoms with van der Waals surface area (Å²) < 4.78 is 0. The predicted molar refractivity (Wildman–Crippen MR) is 117 cm³/mol. The summed E-state index contributed by atoms with van der Waals surface area (Å²) >= 11 is 7.58. The van der Waals surface area contributed by atoms with Gasteiger partial charge in [-0.2, -0.15) is 0 Å². The van der Waals surface area contributed by atoms with Gasteiger partial charge in [-0.1, -0.05) is 72.8 Å². The number of benzene rings is 2. The highest BCUT2D eigenvalue weighted by Gasteiger charge is 2.30. The standard InChI is InChI=1S/C22H20ClN3O2S/c1-2-13-7-9-14(10-8-13)16-11-18(27)24-20-19(16)21(28)26-22(25-20)29-12-15-5-3-4-6-17(15)23/h3-10,16H,2,11-12H2,1H3,(H2,24,25,26,27,28). The van der Waals surface area contributed by atoms with Crippen LogP contribution in [0.25, 0.3) is 0 Å². The van der Waals surface area contributed by atoms with Gasteiger partial charge in [-0.25, -0.2) is 4.98 Å². The fraction of sp³-hybridized carbons (Fsp3) is 0.227. The van der Waals surface area contributed by atoms with Gasteiger partial charge in [-0.05, 0) is 29.2 Å². The van der Waals surface area contributed by atoms with E-state index >= 15 is 0 Å². The summed E-state index contributed by atoms with van der Waals surface area (Å²) in [7, 11) is 0. The third-order valence-electron chi connectivity index (χ3n) is 5.04. The van der Waals surface area contributed by atoms with Crippen LogP contribution < -0.4 is 10.9 Å². The van der Waals surface area contributed by atoms with Crippen molar-refractivity contribution in [2.24, 2.45) is 0 Å². The van der Waals surface area contributed by atoms with Crippen LogP contribution in [0.5, 0.6) is 0 Å². The maximum absolute atomic E-state index is 12.9. The van der Waals surface area contributed by atoms with Crippen molar-refractivity contribution in [1.29, 1.82) is 0 Å². The Balaban J connectivity index is 1.64. The van der Waals surface area contributed by atoms with Gasteiger partial charge in [0.15, 0.2) is 5.16 Å². The van der Waals surface area contributed by atoms with E-state index in [2.05, 4.69) is 22.2 Å². The quantitative estimate of drug-likeness (QED) is 0.456. The Hall–Kier alpha value is -2.57. The van der Waals surface area contributed by atoms with Gasteiger partial charge in [0.05, 0.1) is 5.56 Å². The number of fused-ring (bicyclic) bond motifs is 1. The molecule has 2 heterocycles. The molecule has 0 saturated carbocycles. The molecular weight excluding hydrogens is 406 g/mol. The van der Waals surface area contributed by atoms with Crippen LogP contribution in [-0.4, -0.2) is 15.9 Å². The highest BCUT2D eigenvalue weighted by molar-refractivity contribution is 7.98. The highest BCUT2D eigenvalue weighted by atomic mass is 35.5. The second-order valence-corrected chi connectivity index (χ2v) is 8.28. The Kier molecular flexibility index (Phi) is 5.74. The number of halogens is 1. The monoisotopic (exact) mass is 425 g/mol. The molecule has 3 aromatic rings. The Labute approximate surface area is 177 Å². The minimum atomic E-state index is -0.302. The molecule has 4 rings (SSSR count). The van der Waals surface area contributed by atoms with Crippen LogP contribution in [0.1, 0.15) is 41.5 Å². The number of H-pyrrole nitrogens is 1. The molecule has 2 N–H and O–H groups in total. The molecule has 29 heavy (non-hydrogen) atoms. The molecule has 1 aliphatic rings. The van der Waals surface area contributed by atoms with Crippen molar-refractivity contribution in [3.05, 3.63) is 86.2 Å². The molecule has 7 heteroatoms. The summed E-state index contributed by atoms with van der Waals surface area (Å²) in [5.41, 5.74) is 3.41. The molecule has 0 aliphatic carbocycles. The second kappa shape index (κ2) is 8.43. The average Bonchev–Trinajstić information content (AvgIpc) is 2.72. The summed E-state index contributed by atoms with van der Waals surface area (Å²) in [6.07, 6.45) is 1.17. The number of hydrogen-bond acceptors (Lipinski definition) is 4.